The molecule has 1 amide bonds. The predicted molar refractivity (Wildman–Crippen MR) is 118 cm³/mol. The van der Waals surface area contributed by atoms with E-state index in [9.17, 15) is 4.79 Å². The van der Waals surface area contributed by atoms with Crippen LogP contribution in [-0.4, -0.2) is 44.9 Å². The minimum Gasteiger partial charge on any atom is -0.496 e. The fourth-order valence-corrected chi connectivity index (χ4v) is 2.70. The van der Waals surface area contributed by atoms with Gasteiger partial charge in [0.1, 0.15) is 5.75 Å². The molecule has 0 radical (unpaired) electrons. The van der Waals surface area contributed by atoms with Crippen molar-refractivity contribution in [1.82, 2.24) is 16.0 Å². The van der Waals surface area contributed by atoms with Crippen LogP contribution in [0.2, 0.25) is 0 Å². The highest BCUT2D eigenvalue weighted by atomic mass is 127. The molecule has 2 rings (SSSR count). The molecule has 3 N–H and O–H groups in total. The maximum atomic E-state index is 11.7. The summed E-state index contributed by atoms with van der Waals surface area (Å²) in [5, 5.41) is 9.51. The third kappa shape index (κ3) is 8.23. The Balaban J connectivity index is 0.00000364. The summed E-state index contributed by atoms with van der Waals surface area (Å²) in [5.74, 6) is 2.05. The molecular weight excluding hydrogens is 459 g/mol. The fraction of sp³-hybridized carbons (Fsp3) is 0.579. The summed E-state index contributed by atoms with van der Waals surface area (Å²) in [6, 6.07) is 7.89. The summed E-state index contributed by atoms with van der Waals surface area (Å²) >= 11 is 0. The fourth-order valence-electron chi connectivity index (χ4n) is 2.70. The Hall–Kier alpha value is -1.71. The highest BCUT2D eigenvalue weighted by molar-refractivity contribution is 14.0. The monoisotopic (exact) mass is 490 g/mol. The Morgan fingerprint density at radius 3 is 2.63 bits per heavy atom. The van der Waals surface area contributed by atoms with E-state index in [1.54, 1.807) is 14.0 Å². The van der Waals surface area contributed by atoms with Gasteiger partial charge in [-0.25, -0.2) is 9.79 Å². The summed E-state index contributed by atoms with van der Waals surface area (Å²) in [6.45, 7) is 6.09. The number of nitrogens with zero attached hydrogens (tertiary/aromatic N) is 1. The standard InChI is InChI=1S/C19H30N4O3.HI/c1-4-20-18(21-12-15-8-6-7-9-17(15)25-3)22-13-16(14-10-11-14)23-19(24)26-5-2;/h6-9,14,16H,4-5,10-13H2,1-3H3,(H,23,24)(H2,20,21,22);1H. The van der Waals surface area contributed by atoms with Crippen molar-refractivity contribution in [2.45, 2.75) is 39.3 Å². The molecule has 0 heterocycles. The quantitative estimate of drug-likeness (QED) is 0.282. The minimum atomic E-state index is -0.359. The first kappa shape index (κ1) is 23.3. The third-order valence-electron chi connectivity index (χ3n) is 4.20. The normalized spacial score (nSPS) is 14.6. The van der Waals surface area contributed by atoms with Gasteiger partial charge >= 0.3 is 6.09 Å². The van der Waals surface area contributed by atoms with Gasteiger partial charge in [0.15, 0.2) is 5.96 Å². The molecule has 1 saturated carbocycles. The number of amides is 1. The number of aliphatic imine (C=N–C) groups is 1. The van der Waals surface area contributed by atoms with Crippen LogP contribution in [-0.2, 0) is 11.3 Å². The number of ether oxygens (including phenoxy) is 2. The van der Waals surface area contributed by atoms with Crippen LogP contribution in [0.4, 0.5) is 4.79 Å². The predicted octanol–water partition coefficient (Wildman–Crippen LogP) is 2.89. The van der Waals surface area contributed by atoms with Gasteiger partial charge in [0.25, 0.3) is 0 Å². The van der Waals surface area contributed by atoms with E-state index >= 15 is 0 Å². The van der Waals surface area contributed by atoms with Crippen LogP contribution in [0.15, 0.2) is 29.3 Å². The van der Waals surface area contributed by atoms with Gasteiger partial charge in [0.2, 0.25) is 0 Å². The van der Waals surface area contributed by atoms with E-state index in [1.807, 2.05) is 31.2 Å². The highest BCUT2D eigenvalue weighted by Gasteiger charge is 2.32. The second-order valence-corrected chi connectivity index (χ2v) is 6.20. The molecule has 1 aromatic rings. The Bertz CT molecular complexity index is 608. The number of hydrogen-bond acceptors (Lipinski definition) is 4. The molecule has 0 spiro atoms. The molecule has 8 heteroatoms. The number of nitrogens with one attached hydrogen (secondary N) is 3. The lowest BCUT2D eigenvalue weighted by Crippen LogP contribution is -2.48. The first-order valence-electron chi connectivity index (χ1n) is 9.25. The molecule has 1 fully saturated rings. The van der Waals surface area contributed by atoms with Gasteiger partial charge in [0.05, 0.1) is 26.3 Å². The van der Waals surface area contributed by atoms with Crippen molar-refractivity contribution in [3.63, 3.8) is 0 Å². The Morgan fingerprint density at radius 1 is 1.26 bits per heavy atom. The first-order chi connectivity index (χ1) is 12.7. The molecule has 7 nitrogen and oxygen atoms in total. The summed E-state index contributed by atoms with van der Waals surface area (Å²) < 4.78 is 10.4. The molecule has 1 aliphatic rings. The molecule has 27 heavy (non-hydrogen) atoms. The number of halogens is 1. The van der Waals surface area contributed by atoms with Crippen molar-refractivity contribution < 1.29 is 14.3 Å². The Labute approximate surface area is 178 Å². The van der Waals surface area contributed by atoms with Gasteiger partial charge in [-0.15, -0.1) is 24.0 Å². The van der Waals surface area contributed by atoms with Crippen LogP contribution in [0.3, 0.4) is 0 Å². The van der Waals surface area contributed by atoms with Crippen molar-refractivity contribution >= 4 is 36.0 Å². The van der Waals surface area contributed by atoms with Gasteiger partial charge in [-0.2, -0.15) is 0 Å². The lowest BCUT2D eigenvalue weighted by molar-refractivity contribution is 0.146. The lowest BCUT2D eigenvalue weighted by atomic mass is 10.2. The lowest BCUT2D eigenvalue weighted by Gasteiger charge is -2.20. The third-order valence-corrected chi connectivity index (χ3v) is 4.20. The van der Waals surface area contributed by atoms with Crippen LogP contribution in [0.25, 0.3) is 0 Å². The van der Waals surface area contributed by atoms with E-state index in [1.165, 1.54) is 0 Å². The number of carbonyl (C=O) groups is 1. The van der Waals surface area contributed by atoms with Crippen LogP contribution < -0.4 is 20.7 Å². The molecule has 1 aliphatic carbocycles. The maximum absolute atomic E-state index is 11.7. The van der Waals surface area contributed by atoms with Crippen LogP contribution in [0.5, 0.6) is 5.75 Å². The summed E-state index contributed by atoms with van der Waals surface area (Å²) in [7, 11) is 1.66. The van der Waals surface area contributed by atoms with Crippen molar-refractivity contribution in [2.75, 3.05) is 26.8 Å². The zero-order chi connectivity index (χ0) is 18.8. The molecule has 1 aromatic carbocycles. The Morgan fingerprint density at radius 2 is 2.00 bits per heavy atom. The molecule has 0 bridgehead atoms. The van der Waals surface area contributed by atoms with E-state index in [-0.39, 0.29) is 36.1 Å². The van der Waals surface area contributed by atoms with Gasteiger partial charge in [-0.3, -0.25) is 0 Å². The smallest absolute Gasteiger partial charge is 0.407 e. The van der Waals surface area contributed by atoms with E-state index in [4.69, 9.17) is 9.47 Å². The molecule has 1 atom stereocenters. The van der Waals surface area contributed by atoms with Gasteiger partial charge in [-0.05, 0) is 38.7 Å². The summed E-state index contributed by atoms with van der Waals surface area (Å²) in [6.07, 6.45) is 1.91. The van der Waals surface area contributed by atoms with Crippen LogP contribution >= 0.6 is 24.0 Å². The number of rotatable bonds is 9. The van der Waals surface area contributed by atoms with Gasteiger partial charge in [-0.1, -0.05) is 18.2 Å². The van der Waals surface area contributed by atoms with Gasteiger partial charge in [0, 0.05) is 18.7 Å². The number of para-hydroxylation sites is 1. The highest BCUT2D eigenvalue weighted by Crippen LogP contribution is 2.32. The van der Waals surface area contributed by atoms with E-state index in [0.717, 1.165) is 36.7 Å². The van der Waals surface area contributed by atoms with Crippen molar-refractivity contribution in [3.05, 3.63) is 29.8 Å². The SMILES string of the molecule is CCNC(=NCc1ccccc1OC)NCC(NC(=O)OCC)C1CC1.I. The summed E-state index contributed by atoms with van der Waals surface area (Å²) in [4.78, 5) is 16.3. The van der Waals surface area contributed by atoms with E-state index in [0.29, 0.717) is 25.6 Å². The van der Waals surface area contributed by atoms with Crippen molar-refractivity contribution in [3.8, 4) is 5.75 Å². The van der Waals surface area contributed by atoms with E-state index in [2.05, 4.69) is 20.9 Å². The second-order valence-electron chi connectivity index (χ2n) is 6.20. The molecule has 0 saturated heterocycles. The van der Waals surface area contributed by atoms with E-state index < -0.39 is 0 Å². The molecule has 0 aliphatic heterocycles. The number of benzene rings is 1. The molecule has 0 aromatic heterocycles. The number of guanidine groups is 1. The number of alkyl carbamates (subject to hydrolysis) is 1. The zero-order valence-electron chi connectivity index (χ0n) is 16.3. The van der Waals surface area contributed by atoms with Crippen LogP contribution in [0, 0.1) is 5.92 Å². The maximum Gasteiger partial charge on any atom is 0.407 e. The average molecular weight is 490 g/mol. The first-order valence-corrected chi connectivity index (χ1v) is 9.25. The summed E-state index contributed by atoms with van der Waals surface area (Å²) in [5.41, 5.74) is 1.02. The largest absolute Gasteiger partial charge is 0.496 e. The van der Waals surface area contributed by atoms with Crippen LogP contribution in [0.1, 0.15) is 32.3 Å². The number of methoxy groups -OCH3 is 1. The molecular formula is C19H31IN4O3. The van der Waals surface area contributed by atoms with Gasteiger partial charge < -0.3 is 25.4 Å². The zero-order valence-corrected chi connectivity index (χ0v) is 18.6. The number of carbonyl (C=O) groups excluding carboxylic acids is 1. The second kappa shape index (κ2) is 12.6. The topological polar surface area (TPSA) is 84.0 Å². The molecule has 152 valence electrons. The molecule has 1 unspecified atom stereocenters. The Kier molecular flexibility index (Phi) is 10.9. The average Bonchev–Trinajstić information content (AvgIpc) is 3.48. The number of hydrogen-bond donors (Lipinski definition) is 3. The minimum absolute atomic E-state index is 0. The van der Waals surface area contributed by atoms with Crippen molar-refractivity contribution in [1.29, 1.82) is 0 Å². The van der Waals surface area contributed by atoms with Crippen molar-refractivity contribution in [2.24, 2.45) is 10.9 Å².